The van der Waals surface area contributed by atoms with Crippen molar-refractivity contribution < 1.29 is 13.5 Å². The Morgan fingerprint density at radius 1 is 1.57 bits per heavy atom. The van der Waals surface area contributed by atoms with Gasteiger partial charge in [0, 0.05) is 7.05 Å². The van der Waals surface area contributed by atoms with E-state index in [2.05, 4.69) is 5.10 Å². The van der Waals surface area contributed by atoms with Gasteiger partial charge in [0.05, 0.1) is 5.69 Å². The molecule has 0 aliphatic carbocycles. The maximum atomic E-state index is 11.9. The van der Waals surface area contributed by atoms with Crippen LogP contribution in [0.1, 0.15) is 12.6 Å². The molecule has 0 unspecified atom stereocenters. The second-order valence-corrected chi connectivity index (χ2v) is 2.84. The molecule has 0 atom stereocenters. The number of nitrogen functional groups attached to an aromatic ring is 1. The van der Waals surface area contributed by atoms with Gasteiger partial charge >= 0.3 is 0 Å². The lowest BCUT2D eigenvalue weighted by atomic mass is 10.3. The molecule has 4 nitrogen and oxygen atoms in total. The standard InChI is InChI=1S/C8H13F2N3O/c1-3-5-7(11)8(13(2)12-5)14-4-6(9)10/h6H,3-4,11H2,1-2H3. The van der Waals surface area contributed by atoms with Gasteiger partial charge < -0.3 is 10.5 Å². The zero-order valence-electron chi connectivity index (χ0n) is 8.13. The minimum atomic E-state index is -2.51. The van der Waals surface area contributed by atoms with Crippen LogP contribution in [0.15, 0.2) is 0 Å². The summed E-state index contributed by atoms with van der Waals surface area (Å²) in [5.74, 6) is 0.210. The highest BCUT2D eigenvalue weighted by molar-refractivity contribution is 5.53. The highest BCUT2D eigenvalue weighted by Crippen LogP contribution is 2.24. The third-order valence-corrected chi connectivity index (χ3v) is 1.79. The summed E-state index contributed by atoms with van der Waals surface area (Å²) in [6, 6.07) is 0. The first-order valence-electron chi connectivity index (χ1n) is 4.28. The van der Waals surface area contributed by atoms with Crippen LogP contribution in [0.25, 0.3) is 0 Å². The number of nitrogens with two attached hydrogens (primary N) is 1. The molecule has 1 rings (SSSR count). The molecule has 0 saturated carbocycles. The van der Waals surface area contributed by atoms with Gasteiger partial charge in [0.1, 0.15) is 5.69 Å². The number of halogens is 2. The molecule has 0 amide bonds. The van der Waals surface area contributed by atoms with Crippen LogP contribution in [0.5, 0.6) is 5.88 Å². The Hall–Kier alpha value is -1.33. The number of rotatable bonds is 4. The van der Waals surface area contributed by atoms with Gasteiger partial charge in [-0.15, -0.1) is 0 Å². The van der Waals surface area contributed by atoms with Crippen LogP contribution >= 0.6 is 0 Å². The summed E-state index contributed by atoms with van der Waals surface area (Å²) in [7, 11) is 1.61. The zero-order chi connectivity index (χ0) is 10.7. The predicted octanol–water partition coefficient (Wildman–Crippen LogP) is 1.21. The highest BCUT2D eigenvalue weighted by atomic mass is 19.3. The van der Waals surface area contributed by atoms with Gasteiger partial charge in [-0.05, 0) is 6.42 Å². The first kappa shape index (κ1) is 10.7. The van der Waals surface area contributed by atoms with Crippen LogP contribution < -0.4 is 10.5 Å². The molecule has 0 aliphatic heterocycles. The topological polar surface area (TPSA) is 53.1 Å². The van der Waals surface area contributed by atoms with E-state index in [1.807, 2.05) is 6.92 Å². The van der Waals surface area contributed by atoms with Gasteiger partial charge in [-0.2, -0.15) is 5.10 Å². The number of hydrogen-bond acceptors (Lipinski definition) is 3. The van der Waals surface area contributed by atoms with Crippen LogP contribution in [0.3, 0.4) is 0 Å². The quantitative estimate of drug-likeness (QED) is 0.803. The molecule has 14 heavy (non-hydrogen) atoms. The van der Waals surface area contributed by atoms with Crippen molar-refractivity contribution in [2.24, 2.45) is 7.05 Å². The van der Waals surface area contributed by atoms with E-state index in [0.717, 1.165) is 0 Å². The second-order valence-electron chi connectivity index (χ2n) is 2.84. The number of anilines is 1. The molecule has 6 heteroatoms. The molecule has 2 N–H and O–H groups in total. The molecule has 1 aromatic heterocycles. The van der Waals surface area contributed by atoms with Gasteiger partial charge in [0.2, 0.25) is 5.88 Å². The van der Waals surface area contributed by atoms with Crippen molar-refractivity contribution in [1.29, 1.82) is 0 Å². The SMILES string of the molecule is CCc1nn(C)c(OCC(F)F)c1N. The first-order valence-corrected chi connectivity index (χ1v) is 4.28. The average molecular weight is 205 g/mol. The molecule has 0 saturated heterocycles. The molecule has 0 aromatic carbocycles. The summed E-state index contributed by atoms with van der Waals surface area (Å²) in [4.78, 5) is 0. The van der Waals surface area contributed by atoms with E-state index >= 15 is 0 Å². The molecule has 0 fully saturated rings. The number of alkyl halides is 2. The second kappa shape index (κ2) is 4.26. The fourth-order valence-corrected chi connectivity index (χ4v) is 1.15. The van der Waals surface area contributed by atoms with E-state index in [4.69, 9.17) is 10.5 Å². The lowest BCUT2D eigenvalue weighted by Crippen LogP contribution is -2.10. The number of ether oxygens (including phenoxy) is 1. The van der Waals surface area contributed by atoms with Gasteiger partial charge in [-0.3, -0.25) is 0 Å². The van der Waals surface area contributed by atoms with Crippen molar-refractivity contribution in [2.45, 2.75) is 19.8 Å². The number of aryl methyl sites for hydroxylation is 2. The third kappa shape index (κ3) is 2.12. The molecule has 1 aromatic rings. The zero-order valence-corrected chi connectivity index (χ0v) is 8.13. The maximum absolute atomic E-state index is 11.9. The Bertz CT molecular complexity index is 312. The van der Waals surface area contributed by atoms with Crippen molar-refractivity contribution in [3.63, 3.8) is 0 Å². The molecule has 0 aliphatic rings. The Balaban J connectivity index is 2.80. The third-order valence-electron chi connectivity index (χ3n) is 1.79. The minimum absolute atomic E-state index is 0.210. The number of hydrogen-bond donors (Lipinski definition) is 1. The van der Waals surface area contributed by atoms with Gasteiger partial charge in [-0.25, -0.2) is 13.5 Å². The fraction of sp³-hybridized carbons (Fsp3) is 0.625. The summed E-state index contributed by atoms with van der Waals surface area (Å²) in [6.07, 6.45) is -1.85. The lowest BCUT2D eigenvalue weighted by Gasteiger charge is -2.05. The van der Waals surface area contributed by atoms with Crippen LogP contribution in [-0.2, 0) is 13.5 Å². The van der Waals surface area contributed by atoms with E-state index < -0.39 is 13.0 Å². The number of nitrogens with zero attached hydrogens (tertiary/aromatic N) is 2. The minimum Gasteiger partial charge on any atom is -0.470 e. The normalized spacial score (nSPS) is 10.9. The molecular formula is C8H13F2N3O. The summed E-state index contributed by atoms with van der Waals surface area (Å²) < 4.78 is 30.0. The Labute approximate surface area is 80.6 Å². The predicted molar refractivity (Wildman–Crippen MR) is 48.5 cm³/mol. The molecule has 0 radical (unpaired) electrons. The van der Waals surface area contributed by atoms with Crippen molar-refractivity contribution in [3.8, 4) is 5.88 Å². The van der Waals surface area contributed by atoms with E-state index in [0.29, 0.717) is 17.8 Å². The molecule has 0 bridgehead atoms. The average Bonchev–Trinajstić information content (AvgIpc) is 2.39. The Morgan fingerprint density at radius 2 is 2.21 bits per heavy atom. The lowest BCUT2D eigenvalue weighted by molar-refractivity contribution is 0.0778. The first-order chi connectivity index (χ1) is 6.56. The van der Waals surface area contributed by atoms with Crippen molar-refractivity contribution >= 4 is 5.69 Å². The van der Waals surface area contributed by atoms with Crippen LogP contribution in [0.2, 0.25) is 0 Å². The molecule has 0 spiro atoms. The monoisotopic (exact) mass is 205 g/mol. The Morgan fingerprint density at radius 3 is 2.64 bits per heavy atom. The van der Waals surface area contributed by atoms with Crippen molar-refractivity contribution in [2.75, 3.05) is 12.3 Å². The summed E-state index contributed by atoms with van der Waals surface area (Å²) >= 11 is 0. The van der Waals surface area contributed by atoms with E-state index in [-0.39, 0.29) is 5.88 Å². The largest absolute Gasteiger partial charge is 0.470 e. The summed E-state index contributed by atoms with van der Waals surface area (Å²) in [5.41, 5.74) is 6.65. The highest BCUT2D eigenvalue weighted by Gasteiger charge is 2.14. The smallest absolute Gasteiger partial charge is 0.272 e. The number of aromatic nitrogens is 2. The van der Waals surface area contributed by atoms with Crippen molar-refractivity contribution in [1.82, 2.24) is 9.78 Å². The summed E-state index contributed by atoms with van der Waals surface area (Å²) in [5, 5.41) is 4.03. The molecular weight excluding hydrogens is 192 g/mol. The van der Waals surface area contributed by atoms with Gasteiger partial charge in [0.25, 0.3) is 6.43 Å². The van der Waals surface area contributed by atoms with Crippen LogP contribution in [-0.4, -0.2) is 22.8 Å². The molecule has 1 heterocycles. The van der Waals surface area contributed by atoms with Crippen LogP contribution in [0, 0.1) is 0 Å². The van der Waals surface area contributed by atoms with Crippen LogP contribution in [0.4, 0.5) is 14.5 Å². The Kier molecular flexibility index (Phi) is 3.27. The van der Waals surface area contributed by atoms with E-state index in [9.17, 15) is 8.78 Å². The van der Waals surface area contributed by atoms with E-state index in [1.54, 1.807) is 7.05 Å². The maximum Gasteiger partial charge on any atom is 0.272 e. The van der Waals surface area contributed by atoms with Gasteiger partial charge in [-0.1, -0.05) is 6.92 Å². The fourth-order valence-electron chi connectivity index (χ4n) is 1.15. The molecule has 80 valence electrons. The van der Waals surface area contributed by atoms with Crippen molar-refractivity contribution in [3.05, 3.63) is 5.69 Å². The summed E-state index contributed by atoms with van der Waals surface area (Å²) in [6.45, 7) is 1.22. The van der Waals surface area contributed by atoms with E-state index in [1.165, 1.54) is 4.68 Å². The van der Waals surface area contributed by atoms with Gasteiger partial charge in [0.15, 0.2) is 6.61 Å².